The Bertz CT molecular complexity index is 1340. The Morgan fingerprint density at radius 2 is 1.55 bits per heavy atom. The van der Waals surface area contributed by atoms with Crippen LogP contribution in [0, 0.1) is 0 Å². The van der Waals surface area contributed by atoms with E-state index in [1.54, 1.807) is 42.5 Å². The third kappa shape index (κ3) is 2.94. The van der Waals surface area contributed by atoms with Crippen molar-refractivity contribution in [3.8, 4) is 17.2 Å². The molecule has 0 fully saturated rings. The highest BCUT2D eigenvalue weighted by molar-refractivity contribution is 6.23. The predicted octanol–water partition coefficient (Wildman–Crippen LogP) is 1.31. The van der Waals surface area contributed by atoms with Crippen LogP contribution in [0.2, 0.25) is 0 Å². The van der Waals surface area contributed by atoms with E-state index in [4.69, 9.17) is 15.2 Å². The topological polar surface area (TPSA) is 130 Å². The summed E-state index contributed by atoms with van der Waals surface area (Å²) in [6, 6.07) is 12.2. The van der Waals surface area contributed by atoms with Gasteiger partial charge in [0, 0.05) is 17.2 Å². The molecule has 3 aromatic rings. The smallest absolute Gasteiger partial charge is 0.262 e. The van der Waals surface area contributed by atoms with Crippen LogP contribution in [-0.4, -0.2) is 35.4 Å². The number of amides is 2. The molecule has 9 nitrogen and oxygen atoms in total. The lowest BCUT2D eigenvalue weighted by Gasteiger charge is -2.18. The molecule has 0 spiro atoms. The number of carbonyl (C=O) groups excluding carboxylic acids is 3. The first kappa shape index (κ1) is 18.6. The number of rotatable bonds is 3. The number of ketones is 1. The number of aromatic nitrogens is 1. The highest BCUT2D eigenvalue weighted by Gasteiger charge is 2.31. The van der Waals surface area contributed by atoms with Crippen molar-refractivity contribution >= 4 is 23.4 Å². The van der Waals surface area contributed by atoms with Crippen LogP contribution < -0.4 is 26.1 Å². The zero-order chi connectivity index (χ0) is 21.7. The third-order valence-electron chi connectivity index (χ3n) is 5.15. The van der Waals surface area contributed by atoms with Gasteiger partial charge in [0.05, 0.1) is 16.8 Å². The number of hydrogen-bond donors (Lipinski definition) is 2. The Kier molecular flexibility index (Phi) is 4.11. The minimum Gasteiger partial charge on any atom is -0.486 e. The molecule has 0 atom stereocenters. The second-order valence-corrected chi connectivity index (χ2v) is 7.01. The number of imide groups is 1. The van der Waals surface area contributed by atoms with E-state index in [-0.39, 0.29) is 22.7 Å². The van der Waals surface area contributed by atoms with Gasteiger partial charge in [-0.2, -0.15) is 0 Å². The quantitative estimate of drug-likeness (QED) is 0.485. The lowest BCUT2D eigenvalue weighted by molar-refractivity contribution is 0.0879. The molecule has 3 heterocycles. The number of benzene rings is 2. The Labute approximate surface area is 175 Å². The van der Waals surface area contributed by atoms with Crippen molar-refractivity contribution in [2.24, 2.45) is 0 Å². The van der Waals surface area contributed by atoms with Gasteiger partial charge < -0.3 is 15.2 Å². The molecule has 2 aromatic carbocycles. The van der Waals surface area contributed by atoms with Gasteiger partial charge in [-0.15, -0.1) is 0 Å². The molecule has 0 saturated carbocycles. The van der Waals surface area contributed by atoms with Crippen LogP contribution in [0.3, 0.4) is 0 Å². The molecule has 31 heavy (non-hydrogen) atoms. The van der Waals surface area contributed by atoms with E-state index in [1.165, 1.54) is 0 Å². The molecule has 2 amide bonds. The largest absolute Gasteiger partial charge is 0.486 e. The second kappa shape index (κ2) is 6.84. The Morgan fingerprint density at radius 3 is 2.29 bits per heavy atom. The van der Waals surface area contributed by atoms with Gasteiger partial charge in [-0.25, -0.2) is 0 Å². The fraction of sp³-hybridized carbons (Fsp3) is 0.0909. The van der Waals surface area contributed by atoms with Crippen molar-refractivity contribution in [1.29, 1.82) is 0 Å². The van der Waals surface area contributed by atoms with Gasteiger partial charge in [-0.1, -0.05) is 0 Å². The van der Waals surface area contributed by atoms with Crippen LogP contribution in [0.1, 0.15) is 36.6 Å². The zero-order valence-corrected chi connectivity index (χ0v) is 16.0. The van der Waals surface area contributed by atoms with E-state index in [2.05, 4.69) is 5.32 Å². The Morgan fingerprint density at radius 1 is 0.871 bits per heavy atom. The van der Waals surface area contributed by atoms with Gasteiger partial charge in [-0.05, 0) is 42.5 Å². The van der Waals surface area contributed by atoms with Gasteiger partial charge in [0.15, 0.2) is 17.3 Å². The van der Waals surface area contributed by atoms with Crippen LogP contribution >= 0.6 is 0 Å². The molecule has 5 rings (SSSR count). The van der Waals surface area contributed by atoms with Crippen molar-refractivity contribution in [1.82, 2.24) is 9.88 Å². The molecule has 3 N–H and O–H groups in total. The third-order valence-corrected chi connectivity index (χ3v) is 5.15. The number of hydrogen-bond acceptors (Lipinski definition) is 7. The number of ether oxygens (including phenoxy) is 2. The number of pyridine rings is 1. The standard InChI is InChI=1S/C22H15N3O6/c23-20-18-14(21(28)24-22(18)29)10-17(26)25(20)13-4-1-11(2-5-13)19(27)12-3-6-15-16(9-12)31-8-7-30-15/h1-6,9-10H,7-8,23H2,(H,24,28,29). The predicted molar refractivity (Wildman–Crippen MR) is 109 cm³/mol. The van der Waals surface area contributed by atoms with Gasteiger partial charge in [0.25, 0.3) is 17.4 Å². The fourth-order valence-electron chi connectivity index (χ4n) is 3.66. The van der Waals surface area contributed by atoms with Gasteiger partial charge in [0.1, 0.15) is 19.0 Å². The maximum Gasteiger partial charge on any atom is 0.262 e. The average Bonchev–Trinajstić information content (AvgIpc) is 3.06. The Hall–Kier alpha value is -4.40. The molecule has 9 heteroatoms. The molecule has 1 aromatic heterocycles. The van der Waals surface area contributed by atoms with Crippen molar-refractivity contribution < 1.29 is 23.9 Å². The lowest BCUT2D eigenvalue weighted by Crippen LogP contribution is -2.24. The molecule has 0 saturated heterocycles. The highest BCUT2D eigenvalue weighted by Crippen LogP contribution is 2.31. The van der Waals surface area contributed by atoms with E-state index in [0.29, 0.717) is 41.5 Å². The molecule has 154 valence electrons. The summed E-state index contributed by atoms with van der Waals surface area (Å²) in [5.41, 5.74) is 6.56. The first-order chi connectivity index (χ1) is 14.9. The normalized spacial score (nSPS) is 14.2. The van der Waals surface area contributed by atoms with Crippen molar-refractivity contribution in [2.75, 3.05) is 18.9 Å². The number of nitrogen functional groups attached to an aromatic ring is 1. The number of nitrogens with zero attached hydrogens (tertiary/aromatic N) is 1. The minimum absolute atomic E-state index is 0.0407. The number of nitrogens with two attached hydrogens (primary N) is 1. The summed E-state index contributed by atoms with van der Waals surface area (Å²) < 4.78 is 12.1. The summed E-state index contributed by atoms with van der Waals surface area (Å²) in [6.07, 6.45) is 0. The molecular formula is C22H15N3O6. The number of carbonyl (C=O) groups is 3. The molecular weight excluding hydrogens is 402 g/mol. The van der Waals surface area contributed by atoms with E-state index in [0.717, 1.165) is 10.6 Å². The van der Waals surface area contributed by atoms with Crippen molar-refractivity contribution in [3.05, 3.63) is 81.1 Å². The van der Waals surface area contributed by atoms with E-state index in [1.807, 2.05) is 0 Å². The molecule has 2 aliphatic heterocycles. The lowest BCUT2D eigenvalue weighted by atomic mass is 10.0. The fourth-order valence-corrected chi connectivity index (χ4v) is 3.66. The number of anilines is 1. The zero-order valence-electron chi connectivity index (χ0n) is 16.0. The minimum atomic E-state index is -0.656. The highest BCUT2D eigenvalue weighted by atomic mass is 16.6. The molecule has 0 bridgehead atoms. The maximum absolute atomic E-state index is 12.9. The van der Waals surface area contributed by atoms with E-state index >= 15 is 0 Å². The summed E-state index contributed by atoms with van der Waals surface area (Å²) in [5, 5.41) is 2.12. The average molecular weight is 417 g/mol. The van der Waals surface area contributed by atoms with Gasteiger partial charge in [-0.3, -0.25) is 29.1 Å². The summed E-state index contributed by atoms with van der Waals surface area (Å²) >= 11 is 0. The Balaban J connectivity index is 1.50. The summed E-state index contributed by atoms with van der Waals surface area (Å²) in [7, 11) is 0. The number of fused-ring (bicyclic) bond motifs is 2. The monoisotopic (exact) mass is 417 g/mol. The van der Waals surface area contributed by atoms with Crippen LogP contribution in [0.25, 0.3) is 5.69 Å². The van der Waals surface area contributed by atoms with Crippen LogP contribution in [0.4, 0.5) is 5.82 Å². The van der Waals surface area contributed by atoms with E-state index in [9.17, 15) is 19.2 Å². The second-order valence-electron chi connectivity index (χ2n) is 7.01. The first-order valence-corrected chi connectivity index (χ1v) is 9.40. The van der Waals surface area contributed by atoms with Gasteiger partial charge >= 0.3 is 0 Å². The van der Waals surface area contributed by atoms with Gasteiger partial charge in [0.2, 0.25) is 0 Å². The van der Waals surface area contributed by atoms with Crippen LogP contribution in [0.5, 0.6) is 11.5 Å². The van der Waals surface area contributed by atoms with Crippen LogP contribution in [-0.2, 0) is 0 Å². The van der Waals surface area contributed by atoms with Crippen molar-refractivity contribution in [2.45, 2.75) is 0 Å². The molecule has 0 radical (unpaired) electrons. The molecule has 0 aliphatic carbocycles. The summed E-state index contributed by atoms with van der Waals surface area (Å²) in [5.74, 6) is -0.585. The molecule has 0 unspecified atom stereocenters. The SMILES string of the molecule is Nc1c2c(cc(=O)n1-c1ccc(C(=O)c3ccc4c(c3)OCCO4)cc1)C(=O)NC2=O. The number of nitrogens with one attached hydrogen (secondary N) is 1. The maximum atomic E-state index is 12.9. The molecule has 2 aliphatic rings. The summed E-state index contributed by atoms with van der Waals surface area (Å²) in [6.45, 7) is 0.878. The van der Waals surface area contributed by atoms with E-state index < -0.39 is 17.4 Å². The van der Waals surface area contributed by atoms with Crippen molar-refractivity contribution in [3.63, 3.8) is 0 Å². The first-order valence-electron chi connectivity index (χ1n) is 9.40. The summed E-state index contributed by atoms with van der Waals surface area (Å²) in [4.78, 5) is 49.2. The van der Waals surface area contributed by atoms with Crippen LogP contribution in [0.15, 0.2) is 53.3 Å².